The van der Waals surface area contributed by atoms with Gasteiger partial charge >= 0.3 is 0 Å². The Morgan fingerprint density at radius 1 is 1.26 bits per heavy atom. The molecule has 1 saturated heterocycles. The zero-order valence-electron chi connectivity index (χ0n) is 19.4. The van der Waals surface area contributed by atoms with Crippen molar-refractivity contribution in [3.63, 3.8) is 0 Å². The number of ether oxygens (including phenoxy) is 3. The molecule has 1 aliphatic carbocycles. The molecule has 2 atom stereocenters. The number of aromatic amines is 1. The van der Waals surface area contributed by atoms with E-state index in [0.717, 1.165) is 66.2 Å². The number of nitrogens with one attached hydrogen (secondary N) is 2. The fraction of sp³-hybridized carbons (Fsp3) is 0.480. The van der Waals surface area contributed by atoms with E-state index in [2.05, 4.69) is 37.8 Å². The van der Waals surface area contributed by atoms with Gasteiger partial charge in [-0.3, -0.25) is 0 Å². The van der Waals surface area contributed by atoms with Gasteiger partial charge in [-0.2, -0.15) is 0 Å². The first-order valence-corrected chi connectivity index (χ1v) is 11.9. The minimum atomic E-state index is -0.314. The zero-order valence-corrected chi connectivity index (χ0v) is 19.4. The Kier molecular flexibility index (Phi) is 5.26. The number of fused-ring (bicyclic) bond motifs is 2. The van der Waals surface area contributed by atoms with Crippen LogP contribution in [0.3, 0.4) is 0 Å². The van der Waals surface area contributed by atoms with E-state index in [1.807, 2.05) is 0 Å². The summed E-state index contributed by atoms with van der Waals surface area (Å²) in [5.41, 5.74) is 3.49. The average Bonchev–Trinajstić information content (AvgIpc) is 3.24. The van der Waals surface area contributed by atoms with E-state index >= 15 is 0 Å². The topological polar surface area (TPSA) is 84.3 Å². The van der Waals surface area contributed by atoms with Gasteiger partial charge in [0.25, 0.3) is 0 Å². The lowest BCUT2D eigenvalue weighted by atomic mass is 9.77. The van der Waals surface area contributed by atoms with Crippen molar-refractivity contribution < 1.29 is 23.2 Å². The minimum Gasteiger partial charge on any atom is -0.482 e. The molecule has 9 heteroatoms. The molecule has 3 aliphatic rings. The Bertz CT molecular complexity index is 1260. The number of aromatic nitrogens is 3. The molecule has 0 spiro atoms. The molecule has 0 amide bonds. The van der Waals surface area contributed by atoms with Crippen molar-refractivity contribution in [2.45, 2.75) is 43.9 Å². The molecule has 4 heterocycles. The number of nitrogens with zero attached hydrogens (tertiary/aromatic N) is 3. The largest absolute Gasteiger partial charge is 0.482 e. The fourth-order valence-corrected chi connectivity index (χ4v) is 5.32. The van der Waals surface area contributed by atoms with Gasteiger partial charge in [-0.25, -0.2) is 18.9 Å². The van der Waals surface area contributed by atoms with E-state index < -0.39 is 0 Å². The lowest BCUT2D eigenvalue weighted by molar-refractivity contribution is -0.560. The van der Waals surface area contributed by atoms with Crippen LogP contribution in [-0.2, 0) is 15.1 Å². The molecule has 6 rings (SSSR count). The van der Waals surface area contributed by atoms with Crippen LogP contribution in [0.15, 0.2) is 30.6 Å². The maximum atomic E-state index is 14.0. The standard InChI is InChI=1S/C25H29FN5O3/c1-15-12-31(8-9-33-15)19-13-34-20-10-16(26)4-5-17(20)22(19)30-24-18-11-21(25(32-2)6-3-7-25)29-23(18)27-14-28-24/h4-5,10-11,14-15,22H,3,6-9,12-13H2,1-2H3,(H2,27,28,29,30)/q+1/t15-,22+/m1/s1. The van der Waals surface area contributed by atoms with Gasteiger partial charge in [-0.15, -0.1) is 0 Å². The van der Waals surface area contributed by atoms with Crippen molar-refractivity contribution >= 4 is 22.6 Å². The number of morpholine rings is 1. The Hall–Kier alpha value is -3.04. The summed E-state index contributed by atoms with van der Waals surface area (Å²) in [6.07, 6.45) is 4.80. The number of H-pyrrole nitrogens is 1. The third-order valence-corrected chi connectivity index (χ3v) is 7.39. The number of rotatable bonds is 4. The van der Waals surface area contributed by atoms with Crippen LogP contribution in [0.2, 0.25) is 0 Å². The van der Waals surface area contributed by atoms with Gasteiger partial charge in [0.1, 0.15) is 53.7 Å². The molecule has 0 radical (unpaired) electrons. The van der Waals surface area contributed by atoms with Gasteiger partial charge < -0.3 is 24.5 Å². The maximum Gasteiger partial charge on any atom is 0.217 e. The third-order valence-electron chi connectivity index (χ3n) is 7.39. The Morgan fingerprint density at radius 2 is 2.15 bits per heavy atom. The van der Waals surface area contributed by atoms with E-state index in [1.165, 1.54) is 12.1 Å². The van der Waals surface area contributed by atoms with E-state index in [0.29, 0.717) is 19.0 Å². The van der Waals surface area contributed by atoms with Crippen LogP contribution in [0.5, 0.6) is 5.75 Å². The number of anilines is 1. The number of hydrogen-bond donors (Lipinski definition) is 2. The molecular formula is C25H29FN5O3+. The molecule has 0 bridgehead atoms. The van der Waals surface area contributed by atoms with Crippen LogP contribution in [0, 0.1) is 5.82 Å². The monoisotopic (exact) mass is 466 g/mol. The van der Waals surface area contributed by atoms with E-state index in [4.69, 9.17) is 14.2 Å². The summed E-state index contributed by atoms with van der Waals surface area (Å²) in [6.45, 7) is 4.66. The van der Waals surface area contributed by atoms with Crippen molar-refractivity contribution in [2.75, 3.05) is 38.7 Å². The quantitative estimate of drug-likeness (QED) is 0.573. The van der Waals surface area contributed by atoms with Gasteiger partial charge in [-0.1, -0.05) is 0 Å². The summed E-state index contributed by atoms with van der Waals surface area (Å²) in [5.74, 6) is 0.959. The van der Waals surface area contributed by atoms with E-state index in [1.54, 1.807) is 19.5 Å². The number of hydrogen-bond acceptors (Lipinski definition) is 6. The molecule has 2 N–H and O–H groups in total. The lowest BCUT2D eigenvalue weighted by Gasteiger charge is -2.39. The van der Waals surface area contributed by atoms with Gasteiger partial charge in [0.05, 0.1) is 5.39 Å². The maximum absolute atomic E-state index is 14.0. The van der Waals surface area contributed by atoms with Crippen LogP contribution in [-0.4, -0.2) is 64.8 Å². The van der Waals surface area contributed by atoms with Crippen LogP contribution in [0.25, 0.3) is 11.0 Å². The summed E-state index contributed by atoms with van der Waals surface area (Å²) >= 11 is 0. The highest BCUT2D eigenvalue weighted by atomic mass is 19.1. The number of halogens is 1. The molecular weight excluding hydrogens is 437 g/mol. The fourth-order valence-electron chi connectivity index (χ4n) is 5.32. The van der Waals surface area contributed by atoms with Gasteiger partial charge in [-0.05, 0) is 44.4 Å². The summed E-state index contributed by atoms with van der Waals surface area (Å²) in [7, 11) is 1.76. The molecule has 3 aromatic rings. The second-order valence-electron chi connectivity index (χ2n) is 9.39. The highest BCUT2D eigenvalue weighted by molar-refractivity contribution is 5.95. The van der Waals surface area contributed by atoms with Crippen LogP contribution < -0.4 is 10.1 Å². The molecule has 2 fully saturated rings. The Morgan fingerprint density at radius 3 is 2.91 bits per heavy atom. The zero-order chi connectivity index (χ0) is 23.3. The third kappa shape index (κ3) is 3.54. The predicted octanol–water partition coefficient (Wildman–Crippen LogP) is 3.54. The molecule has 2 aliphatic heterocycles. The van der Waals surface area contributed by atoms with Crippen molar-refractivity contribution in [1.29, 1.82) is 0 Å². The van der Waals surface area contributed by atoms with Crippen LogP contribution in [0.1, 0.15) is 43.5 Å². The smallest absolute Gasteiger partial charge is 0.217 e. The highest BCUT2D eigenvalue weighted by Gasteiger charge is 2.41. The van der Waals surface area contributed by atoms with Crippen molar-refractivity contribution in [3.8, 4) is 5.75 Å². The first kappa shape index (κ1) is 21.5. The molecule has 8 nitrogen and oxygen atoms in total. The molecule has 34 heavy (non-hydrogen) atoms. The first-order valence-electron chi connectivity index (χ1n) is 11.9. The SMILES string of the molecule is COC1(c2cc3c(N[C@@H]4C(=[N+]5CCO[C@H](C)C5)COc5cc(F)ccc54)ncnc3[nH]2)CCC1. The van der Waals surface area contributed by atoms with Gasteiger partial charge in [0.2, 0.25) is 5.71 Å². The molecule has 0 unspecified atom stereocenters. The minimum absolute atomic E-state index is 0.127. The second-order valence-corrected chi connectivity index (χ2v) is 9.39. The number of methoxy groups -OCH3 is 1. The molecule has 2 aromatic heterocycles. The number of benzene rings is 1. The summed E-state index contributed by atoms with van der Waals surface area (Å²) < 4.78 is 33.9. The predicted molar refractivity (Wildman–Crippen MR) is 125 cm³/mol. The summed E-state index contributed by atoms with van der Waals surface area (Å²) in [5, 5.41) is 4.55. The first-order chi connectivity index (χ1) is 16.6. The molecule has 1 aromatic carbocycles. The second kappa shape index (κ2) is 8.32. The Labute approximate surface area is 197 Å². The van der Waals surface area contributed by atoms with E-state index in [9.17, 15) is 4.39 Å². The van der Waals surface area contributed by atoms with Crippen molar-refractivity contribution in [3.05, 3.63) is 47.7 Å². The molecule has 178 valence electrons. The van der Waals surface area contributed by atoms with Crippen LogP contribution >= 0.6 is 0 Å². The van der Waals surface area contributed by atoms with Crippen molar-refractivity contribution in [1.82, 2.24) is 15.0 Å². The van der Waals surface area contributed by atoms with E-state index in [-0.39, 0.29) is 23.6 Å². The van der Waals surface area contributed by atoms with Crippen LogP contribution in [0.4, 0.5) is 10.2 Å². The summed E-state index contributed by atoms with van der Waals surface area (Å²) in [4.78, 5) is 12.5. The highest BCUT2D eigenvalue weighted by Crippen LogP contribution is 2.45. The van der Waals surface area contributed by atoms with Crippen molar-refractivity contribution in [2.24, 2.45) is 0 Å². The lowest BCUT2D eigenvalue weighted by Crippen LogP contribution is -2.44. The average molecular weight is 467 g/mol. The normalized spacial score (nSPS) is 26.0. The van der Waals surface area contributed by atoms with Gasteiger partial charge in [0.15, 0.2) is 19.7 Å². The Balaban J connectivity index is 1.43. The molecule has 1 saturated carbocycles. The van der Waals surface area contributed by atoms with Gasteiger partial charge in [0, 0.05) is 24.4 Å². The summed E-state index contributed by atoms with van der Waals surface area (Å²) in [6, 6.07) is 6.60.